The van der Waals surface area contributed by atoms with Crippen molar-refractivity contribution in [2.24, 2.45) is 23.5 Å². The highest BCUT2D eigenvalue weighted by Gasteiger charge is 2.40. The molecule has 0 spiro atoms. The van der Waals surface area contributed by atoms with Crippen molar-refractivity contribution in [2.45, 2.75) is 64.0 Å². The zero-order valence-corrected chi connectivity index (χ0v) is 13.6. The Balaban J connectivity index is 1.53. The van der Waals surface area contributed by atoms with Crippen molar-refractivity contribution in [2.75, 3.05) is 13.1 Å². The van der Waals surface area contributed by atoms with Gasteiger partial charge in [-0.2, -0.15) is 0 Å². The average molecular weight is 307 g/mol. The average Bonchev–Trinajstić information content (AvgIpc) is 3.28. The van der Waals surface area contributed by atoms with Crippen molar-refractivity contribution in [1.29, 1.82) is 0 Å². The van der Waals surface area contributed by atoms with Crippen LogP contribution in [0.25, 0.3) is 0 Å². The Morgan fingerprint density at radius 1 is 1.27 bits per heavy atom. The molecule has 0 aromatic carbocycles. The van der Waals surface area contributed by atoms with Crippen LogP contribution in [0.3, 0.4) is 0 Å². The number of nitrogens with zero attached hydrogens (tertiary/aromatic N) is 1. The lowest BCUT2D eigenvalue weighted by Crippen LogP contribution is -2.45. The summed E-state index contributed by atoms with van der Waals surface area (Å²) in [6.07, 6.45) is 7.28. The van der Waals surface area contributed by atoms with Crippen molar-refractivity contribution in [1.82, 2.24) is 10.2 Å². The number of rotatable bonds is 5. The molecule has 0 aromatic rings. The van der Waals surface area contributed by atoms with Crippen LogP contribution in [0.1, 0.15) is 51.9 Å². The number of carbonyl (C=O) groups is 2. The fourth-order valence-electron chi connectivity index (χ4n) is 3.98. The van der Waals surface area contributed by atoms with Gasteiger partial charge < -0.3 is 16.0 Å². The minimum Gasteiger partial charge on any atom is -0.352 e. The molecular weight excluding hydrogens is 278 g/mol. The summed E-state index contributed by atoms with van der Waals surface area (Å²) < 4.78 is 0. The van der Waals surface area contributed by atoms with Gasteiger partial charge in [0.05, 0.1) is 5.92 Å². The molecule has 0 radical (unpaired) electrons. The highest BCUT2D eigenvalue weighted by molar-refractivity contribution is 5.89. The van der Waals surface area contributed by atoms with Crippen LogP contribution < -0.4 is 11.1 Å². The molecule has 2 unspecified atom stereocenters. The van der Waals surface area contributed by atoms with Gasteiger partial charge in [-0.05, 0) is 50.4 Å². The highest BCUT2D eigenvalue weighted by atomic mass is 16.2. The normalized spacial score (nSPS) is 33.8. The Labute approximate surface area is 133 Å². The molecule has 1 heterocycles. The van der Waals surface area contributed by atoms with Gasteiger partial charge in [-0.25, -0.2) is 0 Å². The first kappa shape index (κ1) is 15.8. The molecule has 124 valence electrons. The van der Waals surface area contributed by atoms with Crippen LogP contribution in [0.4, 0.5) is 0 Å². The predicted octanol–water partition coefficient (Wildman–Crippen LogP) is 1.27. The second kappa shape index (κ2) is 6.57. The Morgan fingerprint density at radius 3 is 2.55 bits per heavy atom. The molecule has 0 bridgehead atoms. The van der Waals surface area contributed by atoms with Crippen LogP contribution in [0.5, 0.6) is 0 Å². The summed E-state index contributed by atoms with van der Waals surface area (Å²) in [5.41, 5.74) is 5.75. The minimum atomic E-state index is -0.181. The third-order valence-corrected chi connectivity index (χ3v) is 5.73. The van der Waals surface area contributed by atoms with Gasteiger partial charge in [0, 0.05) is 31.6 Å². The van der Waals surface area contributed by atoms with E-state index in [9.17, 15) is 9.59 Å². The van der Waals surface area contributed by atoms with Crippen LogP contribution in [0.2, 0.25) is 0 Å². The standard InChI is InChI=1S/C17H29N3O2/c1-11-2-6-14(7-3-11)20-10-13(8-16(20)21)17(22)19-15(9-18)12-4-5-12/h11-15H,2-10,18H2,1H3,(H,19,22). The van der Waals surface area contributed by atoms with Gasteiger partial charge in [-0.15, -0.1) is 0 Å². The molecule has 1 aliphatic heterocycles. The number of amides is 2. The van der Waals surface area contributed by atoms with Crippen molar-refractivity contribution >= 4 is 11.8 Å². The molecule has 3 aliphatic rings. The third-order valence-electron chi connectivity index (χ3n) is 5.73. The lowest BCUT2D eigenvalue weighted by Gasteiger charge is -2.33. The number of hydrogen-bond acceptors (Lipinski definition) is 3. The van der Waals surface area contributed by atoms with Gasteiger partial charge in [-0.1, -0.05) is 6.92 Å². The smallest absolute Gasteiger partial charge is 0.225 e. The SMILES string of the molecule is CC1CCC(N2CC(C(=O)NC(CN)C3CC3)CC2=O)CC1. The van der Waals surface area contributed by atoms with E-state index in [1.54, 1.807) is 0 Å². The Morgan fingerprint density at radius 2 is 1.95 bits per heavy atom. The number of carbonyl (C=O) groups excluding carboxylic acids is 2. The van der Waals surface area contributed by atoms with E-state index >= 15 is 0 Å². The topological polar surface area (TPSA) is 75.4 Å². The lowest BCUT2D eigenvalue weighted by molar-refractivity contribution is -0.131. The summed E-state index contributed by atoms with van der Waals surface area (Å²) in [6.45, 7) is 3.39. The van der Waals surface area contributed by atoms with E-state index < -0.39 is 0 Å². The maximum atomic E-state index is 12.4. The molecule has 2 saturated carbocycles. The van der Waals surface area contributed by atoms with Gasteiger partial charge in [0.25, 0.3) is 0 Å². The summed E-state index contributed by atoms with van der Waals surface area (Å²) in [7, 11) is 0. The van der Waals surface area contributed by atoms with Crippen molar-refractivity contribution in [3.05, 3.63) is 0 Å². The monoisotopic (exact) mass is 307 g/mol. The quantitative estimate of drug-likeness (QED) is 0.803. The van der Waals surface area contributed by atoms with Crippen LogP contribution in [-0.4, -0.2) is 41.9 Å². The van der Waals surface area contributed by atoms with E-state index in [0.29, 0.717) is 31.5 Å². The fraction of sp³-hybridized carbons (Fsp3) is 0.882. The van der Waals surface area contributed by atoms with E-state index in [0.717, 1.165) is 31.6 Å². The zero-order valence-electron chi connectivity index (χ0n) is 13.6. The molecule has 3 fully saturated rings. The van der Waals surface area contributed by atoms with Crippen LogP contribution >= 0.6 is 0 Å². The van der Waals surface area contributed by atoms with Gasteiger partial charge in [0.1, 0.15) is 0 Å². The summed E-state index contributed by atoms with van der Waals surface area (Å²) >= 11 is 0. The van der Waals surface area contributed by atoms with Crippen LogP contribution in [0, 0.1) is 17.8 Å². The van der Waals surface area contributed by atoms with E-state index in [2.05, 4.69) is 12.2 Å². The third kappa shape index (κ3) is 3.45. The van der Waals surface area contributed by atoms with E-state index in [1.807, 2.05) is 4.90 Å². The molecule has 2 amide bonds. The van der Waals surface area contributed by atoms with E-state index in [-0.39, 0.29) is 23.8 Å². The van der Waals surface area contributed by atoms with E-state index in [4.69, 9.17) is 5.73 Å². The number of nitrogens with two attached hydrogens (primary N) is 1. The highest BCUT2D eigenvalue weighted by Crippen LogP contribution is 2.33. The Bertz CT molecular complexity index is 428. The van der Waals surface area contributed by atoms with Gasteiger partial charge in [0.2, 0.25) is 11.8 Å². The lowest BCUT2D eigenvalue weighted by atomic mass is 9.87. The first-order valence-electron chi connectivity index (χ1n) is 8.88. The van der Waals surface area contributed by atoms with Crippen molar-refractivity contribution in [3.8, 4) is 0 Å². The number of nitrogens with one attached hydrogen (secondary N) is 1. The Kier molecular flexibility index (Phi) is 4.71. The predicted molar refractivity (Wildman–Crippen MR) is 84.9 cm³/mol. The second-order valence-electron chi connectivity index (χ2n) is 7.55. The molecule has 5 nitrogen and oxygen atoms in total. The zero-order chi connectivity index (χ0) is 15.7. The van der Waals surface area contributed by atoms with E-state index in [1.165, 1.54) is 12.8 Å². The maximum Gasteiger partial charge on any atom is 0.225 e. The van der Waals surface area contributed by atoms with Crippen molar-refractivity contribution < 1.29 is 9.59 Å². The molecule has 2 aliphatic carbocycles. The molecule has 2 atom stereocenters. The summed E-state index contributed by atoms with van der Waals surface area (Å²) in [6, 6.07) is 0.461. The Hall–Kier alpha value is -1.10. The molecule has 3 N–H and O–H groups in total. The molecule has 5 heteroatoms. The minimum absolute atomic E-state index is 0.0300. The van der Waals surface area contributed by atoms with Gasteiger partial charge in [-0.3, -0.25) is 9.59 Å². The molecule has 22 heavy (non-hydrogen) atoms. The number of hydrogen-bond donors (Lipinski definition) is 2. The largest absolute Gasteiger partial charge is 0.352 e. The number of likely N-dealkylation sites (tertiary alicyclic amines) is 1. The summed E-state index contributed by atoms with van der Waals surface area (Å²) in [5, 5.41) is 3.08. The molecule has 1 saturated heterocycles. The van der Waals surface area contributed by atoms with Gasteiger partial charge >= 0.3 is 0 Å². The fourth-order valence-corrected chi connectivity index (χ4v) is 3.98. The molecular formula is C17H29N3O2. The van der Waals surface area contributed by atoms with Crippen molar-refractivity contribution in [3.63, 3.8) is 0 Å². The summed E-state index contributed by atoms with van der Waals surface area (Å²) in [4.78, 5) is 26.7. The molecule has 3 rings (SSSR count). The van der Waals surface area contributed by atoms with Crippen LogP contribution in [0.15, 0.2) is 0 Å². The molecule has 0 aromatic heterocycles. The van der Waals surface area contributed by atoms with Crippen LogP contribution in [-0.2, 0) is 9.59 Å². The summed E-state index contributed by atoms with van der Waals surface area (Å²) in [5.74, 6) is 1.34. The maximum absolute atomic E-state index is 12.4. The van der Waals surface area contributed by atoms with Gasteiger partial charge in [0.15, 0.2) is 0 Å². The first-order valence-corrected chi connectivity index (χ1v) is 8.88. The second-order valence-corrected chi connectivity index (χ2v) is 7.55. The first-order chi connectivity index (χ1) is 10.6.